The minimum absolute atomic E-state index is 0. The molecule has 0 unspecified atom stereocenters. The maximum absolute atomic E-state index is 13.5. The van der Waals surface area contributed by atoms with Crippen molar-refractivity contribution < 1.29 is 4.79 Å². The largest absolute Gasteiger partial charge is 0.339 e. The molecule has 1 amide bonds. The first-order valence-corrected chi connectivity index (χ1v) is 10.6. The van der Waals surface area contributed by atoms with Gasteiger partial charge in [-0.3, -0.25) is 9.78 Å². The van der Waals surface area contributed by atoms with Crippen LogP contribution in [0.15, 0.2) is 54.7 Å². The molecule has 0 bridgehead atoms. The zero-order valence-corrected chi connectivity index (χ0v) is 18.4. The van der Waals surface area contributed by atoms with Crippen molar-refractivity contribution in [2.45, 2.75) is 32.7 Å². The van der Waals surface area contributed by atoms with Crippen LogP contribution in [-0.4, -0.2) is 57.9 Å². The van der Waals surface area contributed by atoms with Crippen molar-refractivity contribution in [3.8, 4) is 11.4 Å². The van der Waals surface area contributed by atoms with Crippen LogP contribution in [0, 0.1) is 0 Å². The van der Waals surface area contributed by atoms with Crippen molar-refractivity contribution in [3.63, 3.8) is 0 Å². The minimum atomic E-state index is 0. The number of hydrogen-bond acceptors (Lipinski definition) is 4. The van der Waals surface area contributed by atoms with E-state index in [0.717, 1.165) is 66.9 Å². The van der Waals surface area contributed by atoms with Crippen LogP contribution in [0.2, 0.25) is 0 Å². The molecule has 1 aliphatic rings. The van der Waals surface area contributed by atoms with Gasteiger partial charge in [-0.15, -0.1) is 12.4 Å². The van der Waals surface area contributed by atoms with Crippen LogP contribution in [0.25, 0.3) is 22.3 Å². The molecule has 0 saturated carbocycles. The fourth-order valence-electron chi connectivity index (χ4n) is 4.34. The zero-order chi connectivity index (χ0) is 20.2. The van der Waals surface area contributed by atoms with E-state index in [1.165, 1.54) is 0 Å². The highest BCUT2D eigenvalue weighted by Crippen LogP contribution is 2.26. The molecule has 158 valence electrons. The summed E-state index contributed by atoms with van der Waals surface area (Å²) in [6, 6.07) is 16.1. The Bertz CT molecular complexity index is 983. The lowest BCUT2D eigenvalue weighted by atomic mass is 10.0. The maximum Gasteiger partial charge on any atom is 0.254 e. The summed E-state index contributed by atoms with van der Waals surface area (Å²) < 4.78 is 0. The highest BCUT2D eigenvalue weighted by Gasteiger charge is 2.27. The number of benzene rings is 1. The number of para-hydroxylation sites is 1. The SMILES string of the molecule is CCN(CC)C1CCN(C(=O)c2cc(-c3ccccn3)nc3ccccc23)CC1.Cl. The van der Waals surface area contributed by atoms with Crippen molar-refractivity contribution in [2.24, 2.45) is 0 Å². The van der Waals surface area contributed by atoms with Gasteiger partial charge in [-0.2, -0.15) is 0 Å². The third kappa shape index (κ3) is 4.47. The number of halogens is 1. The first-order valence-electron chi connectivity index (χ1n) is 10.6. The normalized spacial score (nSPS) is 14.7. The number of nitrogens with zero attached hydrogens (tertiary/aromatic N) is 4. The average Bonchev–Trinajstić information content (AvgIpc) is 2.80. The van der Waals surface area contributed by atoms with E-state index in [1.807, 2.05) is 53.4 Å². The molecule has 0 spiro atoms. The standard InChI is InChI=1S/C24H28N4O.ClH/c1-3-27(4-2)18-12-15-28(16-13-18)24(29)20-17-23(22-11-7-8-14-25-22)26-21-10-6-5-9-19(20)21;/h5-11,14,17-18H,3-4,12-13,15-16H2,1-2H3;1H. The van der Waals surface area contributed by atoms with E-state index in [9.17, 15) is 4.79 Å². The Balaban J connectivity index is 0.00000256. The molecule has 2 aromatic heterocycles. The van der Waals surface area contributed by atoms with Gasteiger partial charge in [0.15, 0.2) is 0 Å². The first kappa shape index (κ1) is 22.2. The zero-order valence-electron chi connectivity index (χ0n) is 17.6. The second-order valence-corrected chi connectivity index (χ2v) is 7.53. The summed E-state index contributed by atoms with van der Waals surface area (Å²) in [5.41, 5.74) is 3.08. The molecule has 3 heterocycles. The summed E-state index contributed by atoms with van der Waals surface area (Å²) in [7, 11) is 0. The van der Waals surface area contributed by atoms with E-state index < -0.39 is 0 Å². The molecular weight excluding hydrogens is 396 g/mol. The van der Waals surface area contributed by atoms with Crippen LogP contribution in [0.4, 0.5) is 0 Å². The molecule has 1 aromatic carbocycles. The summed E-state index contributed by atoms with van der Waals surface area (Å²) in [4.78, 5) is 27.2. The molecular formula is C24H29ClN4O. The summed E-state index contributed by atoms with van der Waals surface area (Å²) >= 11 is 0. The predicted octanol–water partition coefficient (Wildman–Crippen LogP) is 4.67. The van der Waals surface area contributed by atoms with Crippen LogP contribution < -0.4 is 0 Å². The van der Waals surface area contributed by atoms with Crippen LogP contribution in [-0.2, 0) is 0 Å². The second-order valence-electron chi connectivity index (χ2n) is 7.53. The van der Waals surface area contributed by atoms with Gasteiger partial charge < -0.3 is 9.80 Å². The lowest BCUT2D eigenvalue weighted by molar-refractivity contribution is 0.0633. The minimum Gasteiger partial charge on any atom is -0.339 e. The van der Waals surface area contributed by atoms with E-state index in [4.69, 9.17) is 4.98 Å². The number of hydrogen-bond donors (Lipinski definition) is 0. The average molecular weight is 425 g/mol. The summed E-state index contributed by atoms with van der Waals surface area (Å²) in [6.07, 6.45) is 3.82. The summed E-state index contributed by atoms with van der Waals surface area (Å²) in [6.45, 7) is 8.16. The van der Waals surface area contributed by atoms with Gasteiger partial charge in [0.2, 0.25) is 0 Å². The van der Waals surface area contributed by atoms with Crippen molar-refractivity contribution in [1.82, 2.24) is 19.8 Å². The molecule has 0 atom stereocenters. The number of carbonyl (C=O) groups excluding carboxylic acids is 1. The fraction of sp³-hybridized carbons (Fsp3) is 0.375. The molecule has 0 aliphatic carbocycles. The van der Waals surface area contributed by atoms with Gasteiger partial charge in [0.1, 0.15) is 0 Å². The van der Waals surface area contributed by atoms with Crippen molar-refractivity contribution in [2.75, 3.05) is 26.2 Å². The van der Waals surface area contributed by atoms with Gasteiger partial charge in [-0.1, -0.05) is 38.1 Å². The Morgan fingerprint density at radius 1 is 1.03 bits per heavy atom. The highest BCUT2D eigenvalue weighted by atomic mass is 35.5. The molecule has 5 nitrogen and oxygen atoms in total. The van der Waals surface area contributed by atoms with Gasteiger partial charge in [0.25, 0.3) is 5.91 Å². The fourth-order valence-corrected chi connectivity index (χ4v) is 4.34. The van der Waals surface area contributed by atoms with Gasteiger partial charge in [-0.05, 0) is 50.2 Å². The van der Waals surface area contributed by atoms with Crippen molar-refractivity contribution in [3.05, 3.63) is 60.3 Å². The van der Waals surface area contributed by atoms with Crippen LogP contribution in [0.1, 0.15) is 37.0 Å². The van der Waals surface area contributed by atoms with Gasteiger partial charge in [0, 0.05) is 30.7 Å². The summed E-state index contributed by atoms with van der Waals surface area (Å²) in [5, 5.41) is 0.906. The number of carbonyl (C=O) groups is 1. The third-order valence-electron chi connectivity index (χ3n) is 5.95. The molecule has 30 heavy (non-hydrogen) atoms. The monoisotopic (exact) mass is 424 g/mol. The topological polar surface area (TPSA) is 49.3 Å². The molecule has 1 saturated heterocycles. The predicted molar refractivity (Wildman–Crippen MR) is 124 cm³/mol. The van der Waals surface area contributed by atoms with Crippen LogP contribution in [0.5, 0.6) is 0 Å². The van der Waals surface area contributed by atoms with Crippen molar-refractivity contribution >= 4 is 29.2 Å². The molecule has 0 N–H and O–H groups in total. The first-order chi connectivity index (χ1) is 14.2. The number of amides is 1. The molecule has 1 aliphatic heterocycles. The molecule has 4 rings (SSSR count). The highest BCUT2D eigenvalue weighted by molar-refractivity contribution is 6.07. The Labute approximate surface area is 184 Å². The number of fused-ring (bicyclic) bond motifs is 1. The van der Waals surface area contributed by atoms with E-state index in [-0.39, 0.29) is 18.3 Å². The van der Waals surface area contributed by atoms with E-state index in [1.54, 1.807) is 6.20 Å². The van der Waals surface area contributed by atoms with E-state index in [0.29, 0.717) is 6.04 Å². The Hall–Kier alpha value is -2.50. The van der Waals surface area contributed by atoms with Gasteiger partial charge in [-0.25, -0.2) is 4.98 Å². The van der Waals surface area contributed by atoms with E-state index >= 15 is 0 Å². The number of rotatable bonds is 5. The van der Waals surface area contributed by atoms with Crippen molar-refractivity contribution in [1.29, 1.82) is 0 Å². The number of likely N-dealkylation sites (tertiary alicyclic amines) is 1. The lowest BCUT2D eigenvalue weighted by Crippen LogP contribution is -2.46. The number of piperidine rings is 1. The lowest BCUT2D eigenvalue weighted by Gasteiger charge is -2.37. The Morgan fingerprint density at radius 3 is 2.40 bits per heavy atom. The maximum atomic E-state index is 13.5. The quantitative estimate of drug-likeness (QED) is 0.597. The smallest absolute Gasteiger partial charge is 0.254 e. The number of pyridine rings is 2. The Kier molecular flexibility index (Phi) is 7.40. The van der Waals surface area contributed by atoms with Gasteiger partial charge >= 0.3 is 0 Å². The molecule has 0 radical (unpaired) electrons. The van der Waals surface area contributed by atoms with Gasteiger partial charge in [0.05, 0.1) is 22.5 Å². The van der Waals surface area contributed by atoms with Crippen LogP contribution >= 0.6 is 12.4 Å². The summed E-state index contributed by atoms with van der Waals surface area (Å²) in [5.74, 6) is 0.0961. The van der Waals surface area contributed by atoms with Crippen LogP contribution in [0.3, 0.4) is 0 Å². The molecule has 6 heteroatoms. The number of aromatic nitrogens is 2. The molecule has 1 fully saturated rings. The third-order valence-corrected chi connectivity index (χ3v) is 5.95. The second kappa shape index (κ2) is 10.0. The molecule has 3 aromatic rings. The van der Waals surface area contributed by atoms with E-state index in [2.05, 4.69) is 23.7 Å². The Morgan fingerprint density at radius 2 is 1.73 bits per heavy atom.